The number of methoxy groups -OCH3 is 2. The van der Waals surface area contributed by atoms with Crippen LogP contribution in [0.4, 0.5) is 5.13 Å². The summed E-state index contributed by atoms with van der Waals surface area (Å²) in [5.41, 5.74) is 6.32. The summed E-state index contributed by atoms with van der Waals surface area (Å²) in [6.07, 6.45) is 0.954. The van der Waals surface area contributed by atoms with E-state index in [-0.39, 0.29) is 5.91 Å². The van der Waals surface area contributed by atoms with Crippen molar-refractivity contribution in [2.75, 3.05) is 26.1 Å². The van der Waals surface area contributed by atoms with E-state index in [4.69, 9.17) is 9.47 Å². The number of hydrogen-bond acceptors (Lipinski definition) is 6. The highest BCUT2D eigenvalue weighted by Gasteiger charge is 2.20. The number of thiazole rings is 1. The zero-order chi connectivity index (χ0) is 22.0. The Hall–Kier alpha value is -2.90. The molecule has 0 saturated heterocycles. The van der Waals surface area contributed by atoms with E-state index in [1.807, 2.05) is 31.4 Å². The normalized spacial score (nSPS) is 13.5. The Bertz CT molecular complexity index is 1090. The summed E-state index contributed by atoms with van der Waals surface area (Å²) in [5.74, 6) is 1.41. The molecule has 0 aliphatic carbocycles. The van der Waals surface area contributed by atoms with E-state index < -0.39 is 0 Å². The first-order valence-electron chi connectivity index (χ1n) is 10.3. The zero-order valence-electron chi connectivity index (χ0n) is 18.3. The number of ether oxygens (including phenoxy) is 2. The third-order valence-electron chi connectivity index (χ3n) is 5.44. The number of benzene rings is 2. The highest BCUT2D eigenvalue weighted by molar-refractivity contribution is 7.14. The number of nitrogens with one attached hydrogen (secondary N) is 1. The summed E-state index contributed by atoms with van der Waals surface area (Å²) in [5, 5.41) is 5.58. The number of anilines is 1. The highest BCUT2D eigenvalue weighted by atomic mass is 32.1. The lowest BCUT2D eigenvalue weighted by Crippen LogP contribution is -2.30. The number of aromatic nitrogens is 1. The first-order chi connectivity index (χ1) is 14.9. The van der Waals surface area contributed by atoms with E-state index in [0.29, 0.717) is 10.7 Å². The molecule has 0 atom stereocenters. The van der Waals surface area contributed by atoms with E-state index in [2.05, 4.69) is 33.4 Å². The SMILES string of the molecule is COc1cc2c(cc1OC)CN(Cc1csc(NC(=O)c3cc(C)cc(C)c3)n1)CC2. The van der Waals surface area contributed by atoms with Gasteiger partial charge >= 0.3 is 0 Å². The molecule has 4 rings (SSSR count). The fourth-order valence-electron chi connectivity index (χ4n) is 4.02. The van der Waals surface area contributed by atoms with Crippen LogP contribution in [-0.4, -0.2) is 36.6 Å². The molecule has 1 aromatic heterocycles. The maximum absolute atomic E-state index is 12.6. The van der Waals surface area contributed by atoms with Crippen molar-refractivity contribution in [2.24, 2.45) is 0 Å². The fourth-order valence-corrected chi connectivity index (χ4v) is 4.71. The van der Waals surface area contributed by atoms with Gasteiger partial charge in [-0.15, -0.1) is 11.3 Å². The summed E-state index contributed by atoms with van der Waals surface area (Å²) >= 11 is 1.46. The Kier molecular flexibility index (Phi) is 6.25. The molecule has 162 valence electrons. The van der Waals surface area contributed by atoms with E-state index in [1.54, 1.807) is 14.2 Å². The summed E-state index contributed by atoms with van der Waals surface area (Å²) < 4.78 is 10.9. The number of rotatable bonds is 6. The lowest BCUT2D eigenvalue weighted by atomic mass is 9.98. The van der Waals surface area contributed by atoms with Crippen LogP contribution in [0.1, 0.15) is 38.3 Å². The molecule has 0 fully saturated rings. The molecule has 3 aromatic rings. The minimum absolute atomic E-state index is 0.124. The lowest BCUT2D eigenvalue weighted by molar-refractivity contribution is 0.102. The van der Waals surface area contributed by atoms with Crippen LogP contribution in [-0.2, 0) is 19.5 Å². The van der Waals surface area contributed by atoms with Crippen molar-refractivity contribution in [1.29, 1.82) is 0 Å². The predicted molar refractivity (Wildman–Crippen MR) is 123 cm³/mol. The third-order valence-corrected chi connectivity index (χ3v) is 6.25. The summed E-state index contributed by atoms with van der Waals surface area (Å²) in [6, 6.07) is 9.99. The monoisotopic (exact) mass is 437 g/mol. The van der Waals surface area contributed by atoms with Crippen LogP contribution in [0.15, 0.2) is 35.7 Å². The maximum Gasteiger partial charge on any atom is 0.257 e. The van der Waals surface area contributed by atoms with Gasteiger partial charge in [0.2, 0.25) is 0 Å². The number of carbonyl (C=O) groups excluding carboxylic acids is 1. The average molecular weight is 438 g/mol. The smallest absolute Gasteiger partial charge is 0.257 e. The van der Waals surface area contributed by atoms with Crippen molar-refractivity contribution in [3.8, 4) is 11.5 Å². The van der Waals surface area contributed by atoms with Gasteiger partial charge in [-0.1, -0.05) is 17.2 Å². The lowest BCUT2D eigenvalue weighted by Gasteiger charge is -2.29. The summed E-state index contributed by atoms with van der Waals surface area (Å²) in [7, 11) is 3.33. The van der Waals surface area contributed by atoms with Gasteiger partial charge in [-0.3, -0.25) is 15.0 Å². The molecule has 1 aliphatic heterocycles. The molecule has 1 aliphatic rings. The molecular formula is C24H27N3O3S. The first-order valence-corrected chi connectivity index (χ1v) is 11.1. The molecular weight excluding hydrogens is 410 g/mol. The van der Waals surface area contributed by atoms with Crippen LogP contribution in [0.2, 0.25) is 0 Å². The summed E-state index contributed by atoms with van der Waals surface area (Å²) in [4.78, 5) is 19.6. The Morgan fingerprint density at radius 2 is 1.74 bits per heavy atom. The van der Waals surface area contributed by atoms with Crippen LogP contribution in [0, 0.1) is 13.8 Å². The van der Waals surface area contributed by atoms with E-state index in [0.717, 1.165) is 54.4 Å². The Morgan fingerprint density at radius 1 is 1.06 bits per heavy atom. The van der Waals surface area contributed by atoms with Crippen molar-refractivity contribution in [2.45, 2.75) is 33.4 Å². The van der Waals surface area contributed by atoms with Crippen LogP contribution >= 0.6 is 11.3 Å². The van der Waals surface area contributed by atoms with Gasteiger partial charge in [0.1, 0.15) is 0 Å². The molecule has 0 radical (unpaired) electrons. The molecule has 2 heterocycles. The Morgan fingerprint density at radius 3 is 2.42 bits per heavy atom. The van der Waals surface area contributed by atoms with Gasteiger partial charge in [0.05, 0.1) is 19.9 Å². The van der Waals surface area contributed by atoms with Crippen LogP contribution in [0.25, 0.3) is 0 Å². The molecule has 2 aromatic carbocycles. The van der Waals surface area contributed by atoms with Crippen molar-refractivity contribution < 1.29 is 14.3 Å². The van der Waals surface area contributed by atoms with Crippen molar-refractivity contribution >= 4 is 22.4 Å². The number of nitrogens with zero attached hydrogens (tertiary/aromatic N) is 2. The van der Waals surface area contributed by atoms with Gasteiger partial charge in [0.15, 0.2) is 16.6 Å². The molecule has 0 spiro atoms. The zero-order valence-corrected chi connectivity index (χ0v) is 19.1. The third kappa shape index (κ3) is 4.89. The van der Waals surface area contributed by atoms with Crippen molar-refractivity contribution in [3.63, 3.8) is 0 Å². The van der Waals surface area contributed by atoms with E-state index in [1.165, 1.54) is 22.5 Å². The van der Waals surface area contributed by atoms with Gasteiger partial charge in [-0.25, -0.2) is 4.98 Å². The molecule has 7 heteroatoms. The largest absolute Gasteiger partial charge is 0.493 e. The van der Waals surface area contributed by atoms with Gasteiger partial charge < -0.3 is 9.47 Å². The second-order valence-corrected chi connectivity index (χ2v) is 8.77. The fraction of sp³-hybridized carbons (Fsp3) is 0.333. The molecule has 0 bridgehead atoms. The minimum Gasteiger partial charge on any atom is -0.493 e. The van der Waals surface area contributed by atoms with Crippen LogP contribution in [0.3, 0.4) is 0 Å². The van der Waals surface area contributed by atoms with Crippen LogP contribution < -0.4 is 14.8 Å². The number of hydrogen-bond donors (Lipinski definition) is 1. The molecule has 6 nitrogen and oxygen atoms in total. The van der Waals surface area contributed by atoms with Crippen molar-refractivity contribution in [3.05, 3.63) is 69.2 Å². The average Bonchev–Trinajstić information content (AvgIpc) is 3.18. The predicted octanol–water partition coefficient (Wildman–Crippen LogP) is 4.59. The molecule has 1 N–H and O–H groups in total. The Balaban J connectivity index is 1.41. The number of amides is 1. The second-order valence-electron chi connectivity index (χ2n) is 7.91. The van der Waals surface area contributed by atoms with Crippen LogP contribution in [0.5, 0.6) is 11.5 Å². The maximum atomic E-state index is 12.6. The first kappa shape index (κ1) is 21.3. The molecule has 0 unspecified atom stereocenters. The number of aryl methyl sites for hydroxylation is 2. The summed E-state index contributed by atoms with van der Waals surface area (Å²) in [6.45, 7) is 6.51. The van der Waals surface area contributed by atoms with E-state index in [9.17, 15) is 4.79 Å². The minimum atomic E-state index is -0.124. The standard InChI is InChI=1S/C24H27N3O3S/c1-15-7-16(2)9-18(8-15)23(28)26-24-25-20(14-31-24)13-27-6-5-17-10-21(29-3)22(30-4)11-19(17)12-27/h7-11,14H,5-6,12-13H2,1-4H3,(H,25,26,28). The highest BCUT2D eigenvalue weighted by Crippen LogP contribution is 2.33. The van der Waals surface area contributed by atoms with Crippen molar-refractivity contribution in [1.82, 2.24) is 9.88 Å². The van der Waals surface area contributed by atoms with Gasteiger partial charge in [0, 0.05) is 30.6 Å². The molecule has 31 heavy (non-hydrogen) atoms. The van der Waals surface area contributed by atoms with Gasteiger partial charge in [-0.2, -0.15) is 0 Å². The van der Waals surface area contributed by atoms with Gasteiger partial charge in [-0.05, 0) is 55.7 Å². The topological polar surface area (TPSA) is 63.7 Å². The quantitative estimate of drug-likeness (QED) is 0.611. The number of carbonyl (C=O) groups is 1. The van der Waals surface area contributed by atoms with E-state index >= 15 is 0 Å². The molecule has 0 saturated carbocycles. The number of fused-ring (bicyclic) bond motifs is 1. The van der Waals surface area contributed by atoms with Gasteiger partial charge in [0.25, 0.3) is 5.91 Å². The Labute approximate surface area is 186 Å². The second kappa shape index (κ2) is 9.08. The molecule has 1 amide bonds.